The molecule has 0 atom stereocenters. The summed E-state index contributed by atoms with van der Waals surface area (Å²) in [5, 5.41) is 8.63. The van der Waals surface area contributed by atoms with Gasteiger partial charge in [-0.2, -0.15) is 16.1 Å². The summed E-state index contributed by atoms with van der Waals surface area (Å²) < 4.78 is 26.5. The lowest BCUT2D eigenvalue weighted by Crippen LogP contribution is -2.37. The number of aliphatic carboxylic acids is 1. The molecule has 0 aliphatic carbocycles. The van der Waals surface area contributed by atoms with Crippen LogP contribution in [0, 0.1) is 6.92 Å². The molecule has 114 valence electrons. The zero-order chi connectivity index (χ0) is 15.5. The summed E-state index contributed by atoms with van der Waals surface area (Å²) >= 11 is 1.75. The fourth-order valence-corrected chi connectivity index (χ4v) is 4.75. The first-order valence-corrected chi connectivity index (χ1v) is 9.10. The van der Waals surface area contributed by atoms with E-state index in [1.165, 1.54) is 16.4 Å². The molecule has 5 nitrogen and oxygen atoms in total. The van der Waals surface area contributed by atoms with Crippen molar-refractivity contribution in [3.05, 3.63) is 35.4 Å². The number of carboxylic acid groups (broad SMARTS) is 1. The summed E-state index contributed by atoms with van der Waals surface area (Å²) in [4.78, 5) is 10.8. The monoisotopic (exact) mass is 327 g/mol. The molecule has 0 saturated carbocycles. The summed E-state index contributed by atoms with van der Waals surface area (Å²) in [6.45, 7) is 2.84. The van der Waals surface area contributed by atoms with E-state index >= 15 is 0 Å². The first-order valence-electron chi connectivity index (χ1n) is 6.51. The predicted molar refractivity (Wildman–Crippen MR) is 83.9 cm³/mol. The van der Waals surface area contributed by atoms with Crippen LogP contribution in [-0.2, 0) is 14.8 Å². The van der Waals surface area contributed by atoms with E-state index in [1.54, 1.807) is 30.8 Å². The number of hydrogen-bond donors (Lipinski definition) is 1. The Morgan fingerprint density at radius 2 is 2.00 bits per heavy atom. The number of sulfonamides is 1. The third-order valence-corrected chi connectivity index (χ3v) is 6.09. The highest BCUT2D eigenvalue weighted by Gasteiger charge is 2.26. The second kappa shape index (κ2) is 6.64. The minimum atomic E-state index is -3.45. The van der Waals surface area contributed by atoms with E-state index in [9.17, 15) is 13.2 Å². The topological polar surface area (TPSA) is 74.7 Å². The van der Waals surface area contributed by atoms with Crippen LogP contribution in [0.3, 0.4) is 0 Å². The van der Waals surface area contributed by atoms with Crippen molar-refractivity contribution < 1.29 is 18.3 Å². The molecule has 1 N–H and O–H groups in total. The van der Waals surface area contributed by atoms with Gasteiger partial charge in [-0.25, -0.2) is 13.2 Å². The van der Waals surface area contributed by atoms with Crippen LogP contribution in [0.2, 0.25) is 0 Å². The number of benzene rings is 1. The molecule has 1 fully saturated rings. The summed E-state index contributed by atoms with van der Waals surface area (Å²) in [7, 11) is -3.45. The minimum Gasteiger partial charge on any atom is -0.478 e. The van der Waals surface area contributed by atoms with Crippen molar-refractivity contribution in [1.29, 1.82) is 0 Å². The largest absolute Gasteiger partial charge is 0.478 e. The number of aryl methyl sites for hydroxylation is 1. The van der Waals surface area contributed by atoms with Crippen LogP contribution >= 0.6 is 11.8 Å². The normalized spacial score (nSPS) is 17.2. The van der Waals surface area contributed by atoms with Crippen molar-refractivity contribution in [2.75, 3.05) is 24.6 Å². The SMILES string of the molecule is Cc1cc(S(=O)(=O)N2CCSCC2)ccc1C=CC(=O)O. The summed E-state index contributed by atoms with van der Waals surface area (Å²) in [6, 6.07) is 4.77. The van der Waals surface area contributed by atoms with Gasteiger partial charge in [0.1, 0.15) is 0 Å². The molecule has 1 aromatic carbocycles. The van der Waals surface area contributed by atoms with Crippen LogP contribution in [0.1, 0.15) is 11.1 Å². The van der Waals surface area contributed by atoms with Gasteiger partial charge in [0.05, 0.1) is 4.90 Å². The Morgan fingerprint density at radius 1 is 1.33 bits per heavy atom. The number of nitrogens with zero attached hydrogens (tertiary/aromatic N) is 1. The molecule has 0 aromatic heterocycles. The fourth-order valence-electron chi connectivity index (χ4n) is 2.09. The van der Waals surface area contributed by atoms with Gasteiger partial charge in [-0.3, -0.25) is 0 Å². The molecule has 0 amide bonds. The highest BCUT2D eigenvalue weighted by molar-refractivity contribution is 7.99. The van der Waals surface area contributed by atoms with E-state index in [-0.39, 0.29) is 4.90 Å². The van der Waals surface area contributed by atoms with Crippen molar-refractivity contribution in [1.82, 2.24) is 4.31 Å². The Kier molecular flexibility index (Phi) is 5.08. The Hall–Kier alpha value is -1.31. The van der Waals surface area contributed by atoms with E-state index in [0.717, 1.165) is 23.1 Å². The molecule has 0 bridgehead atoms. The zero-order valence-electron chi connectivity index (χ0n) is 11.7. The molecule has 0 spiro atoms. The number of hydrogen-bond acceptors (Lipinski definition) is 4. The molecular formula is C14H17NO4S2. The van der Waals surface area contributed by atoms with Crippen molar-refractivity contribution in [2.24, 2.45) is 0 Å². The first kappa shape index (κ1) is 16.1. The first-order chi connectivity index (χ1) is 9.91. The highest BCUT2D eigenvalue weighted by Crippen LogP contribution is 2.22. The minimum absolute atomic E-state index is 0.263. The molecule has 1 heterocycles. The average molecular weight is 327 g/mol. The second-order valence-corrected chi connectivity index (χ2v) is 7.87. The van der Waals surface area contributed by atoms with Crippen molar-refractivity contribution >= 4 is 33.8 Å². The standard InChI is InChI=1S/C14H17NO4S2/c1-11-10-13(4-2-12(11)3-5-14(16)17)21(18,19)15-6-8-20-9-7-15/h2-5,10H,6-9H2,1H3,(H,16,17). The summed E-state index contributed by atoms with van der Waals surface area (Å²) in [5.41, 5.74) is 1.44. The van der Waals surface area contributed by atoms with Crippen LogP contribution in [0.25, 0.3) is 6.08 Å². The van der Waals surface area contributed by atoms with Crippen molar-refractivity contribution in [3.8, 4) is 0 Å². The quantitative estimate of drug-likeness (QED) is 0.854. The Morgan fingerprint density at radius 3 is 2.57 bits per heavy atom. The number of thioether (sulfide) groups is 1. The third kappa shape index (κ3) is 3.87. The van der Waals surface area contributed by atoms with Gasteiger partial charge in [0.25, 0.3) is 0 Å². The maximum Gasteiger partial charge on any atom is 0.328 e. The van der Waals surface area contributed by atoms with Gasteiger partial charge in [0.2, 0.25) is 10.0 Å². The predicted octanol–water partition coefficient (Wildman–Crippen LogP) is 1.83. The third-order valence-electron chi connectivity index (χ3n) is 3.25. The van der Waals surface area contributed by atoms with Crippen molar-refractivity contribution in [3.63, 3.8) is 0 Å². The fraction of sp³-hybridized carbons (Fsp3) is 0.357. The molecule has 2 rings (SSSR count). The van der Waals surface area contributed by atoms with Gasteiger partial charge in [-0.1, -0.05) is 6.07 Å². The van der Waals surface area contributed by atoms with Gasteiger partial charge >= 0.3 is 5.97 Å². The molecule has 0 unspecified atom stereocenters. The zero-order valence-corrected chi connectivity index (χ0v) is 13.3. The number of carboxylic acids is 1. The Balaban J connectivity index is 2.28. The number of carbonyl (C=O) groups is 1. The Bertz CT molecular complexity index is 662. The lowest BCUT2D eigenvalue weighted by Gasteiger charge is -2.25. The van der Waals surface area contributed by atoms with E-state index in [1.807, 2.05) is 0 Å². The van der Waals surface area contributed by atoms with Gasteiger partial charge in [0.15, 0.2) is 0 Å². The van der Waals surface area contributed by atoms with Gasteiger partial charge in [-0.15, -0.1) is 0 Å². The van der Waals surface area contributed by atoms with Crippen LogP contribution in [0.4, 0.5) is 0 Å². The van der Waals surface area contributed by atoms with Crippen molar-refractivity contribution in [2.45, 2.75) is 11.8 Å². The lowest BCUT2D eigenvalue weighted by molar-refractivity contribution is -0.131. The smallest absolute Gasteiger partial charge is 0.328 e. The highest BCUT2D eigenvalue weighted by atomic mass is 32.2. The van der Waals surface area contributed by atoms with Crippen LogP contribution in [0.5, 0.6) is 0 Å². The summed E-state index contributed by atoms with van der Waals surface area (Å²) in [5.74, 6) is 0.604. The average Bonchev–Trinajstić information content (AvgIpc) is 2.46. The molecule has 1 saturated heterocycles. The summed E-state index contributed by atoms with van der Waals surface area (Å²) in [6.07, 6.45) is 2.50. The van der Waals surface area contributed by atoms with Gasteiger partial charge < -0.3 is 5.11 Å². The van der Waals surface area contributed by atoms with Gasteiger partial charge in [0, 0.05) is 30.7 Å². The molecular weight excluding hydrogens is 310 g/mol. The molecule has 1 aliphatic heterocycles. The molecule has 21 heavy (non-hydrogen) atoms. The van der Waals surface area contributed by atoms with Crippen LogP contribution in [0.15, 0.2) is 29.2 Å². The lowest BCUT2D eigenvalue weighted by atomic mass is 10.1. The van der Waals surface area contributed by atoms with Crippen LogP contribution < -0.4 is 0 Å². The second-order valence-electron chi connectivity index (χ2n) is 4.71. The van der Waals surface area contributed by atoms with Crippen LogP contribution in [-0.4, -0.2) is 48.4 Å². The van der Waals surface area contributed by atoms with E-state index in [4.69, 9.17) is 5.11 Å². The van der Waals surface area contributed by atoms with E-state index in [0.29, 0.717) is 18.7 Å². The molecule has 0 radical (unpaired) electrons. The number of rotatable bonds is 4. The molecule has 7 heteroatoms. The maximum atomic E-state index is 12.5. The van der Waals surface area contributed by atoms with E-state index in [2.05, 4.69) is 0 Å². The van der Waals surface area contributed by atoms with E-state index < -0.39 is 16.0 Å². The Labute approximate surface area is 128 Å². The van der Waals surface area contributed by atoms with Gasteiger partial charge in [-0.05, 0) is 36.3 Å². The molecule has 1 aromatic rings. The maximum absolute atomic E-state index is 12.5. The molecule has 1 aliphatic rings.